The van der Waals surface area contributed by atoms with Crippen LogP contribution in [0.5, 0.6) is 5.75 Å². The summed E-state index contributed by atoms with van der Waals surface area (Å²) in [6.45, 7) is 11.8. The number of aliphatic carboxylic acids is 1. The van der Waals surface area contributed by atoms with Crippen LogP contribution in [0.15, 0.2) is 64.5 Å². The van der Waals surface area contributed by atoms with Gasteiger partial charge in [0.1, 0.15) is 34.2 Å². The van der Waals surface area contributed by atoms with E-state index in [9.17, 15) is 40.8 Å². The summed E-state index contributed by atoms with van der Waals surface area (Å²) in [4.78, 5) is 76.0. The van der Waals surface area contributed by atoms with Gasteiger partial charge in [0, 0.05) is 112 Å². The first-order valence-corrected chi connectivity index (χ1v) is 26.7. The fourth-order valence-corrected chi connectivity index (χ4v) is 11.4. The minimum atomic E-state index is -5.08. The van der Waals surface area contributed by atoms with Crippen LogP contribution in [0.4, 0.5) is 13.2 Å². The maximum atomic E-state index is 13.8. The van der Waals surface area contributed by atoms with Gasteiger partial charge in [-0.05, 0) is 90.0 Å². The zero-order valence-electron chi connectivity index (χ0n) is 41.7. The number of halogens is 5. The van der Waals surface area contributed by atoms with Crippen LogP contribution in [0.1, 0.15) is 55.3 Å². The summed E-state index contributed by atoms with van der Waals surface area (Å²) in [6, 6.07) is 9.73. The number of pyridine rings is 1. The molecule has 2 amide bonds. The molecule has 9 rings (SSSR count). The monoisotopic (exact) mass is 1090 g/mol. The zero-order chi connectivity index (χ0) is 53.8. The summed E-state index contributed by atoms with van der Waals surface area (Å²) >= 11 is 13.2. The van der Waals surface area contributed by atoms with E-state index >= 15 is 0 Å². The first-order chi connectivity index (χ1) is 34.9. The maximum Gasteiger partial charge on any atom is 0.490 e. The number of piperazine rings is 1. The molecule has 2 aromatic carbocycles. The summed E-state index contributed by atoms with van der Waals surface area (Å²) in [7, 11) is -0.111. The van der Waals surface area contributed by atoms with Gasteiger partial charge in [0.2, 0.25) is 33.4 Å². The van der Waals surface area contributed by atoms with Crippen LogP contribution < -0.4 is 15.2 Å². The normalized spacial score (nSPS) is 20.0. The number of ether oxygens (including phenoxy) is 1. The number of Topliss-reactive ketones (excluding diaryl/α,β-unsaturated/α-hetero) is 1. The Hall–Kier alpha value is -5.52. The quantitative estimate of drug-likeness (QED) is 0.131. The molecule has 402 valence electrons. The van der Waals surface area contributed by atoms with Gasteiger partial charge in [-0.1, -0.05) is 41.8 Å². The molecule has 3 atom stereocenters. The van der Waals surface area contributed by atoms with Crippen LogP contribution in [0, 0.1) is 19.8 Å². The third-order valence-electron chi connectivity index (χ3n) is 13.4. The Labute approximate surface area is 438 Å². The van der Waals surface area contributed by atoms with Crippen molar-refractivity contribution in [1.82, 2.24) is 39.1 Å². The van der Waals surface area contributed by atoms with E-state index in [1.54, 1.807) is 15.9 Å². The number of amides is 2. The number of carboxylic acid groups (broad SMARTS) is 1. The number of rotatable bonds is 16. The molecule has 74 heavy (non-hydrogen) atoms. The molecule has 3 aromatic rings. The highest BCUT2D eigenvalue weighted by Crippen LogP contribution is 2.37. The second-order valence-corrected chi connectivity index (χ2v) is 21.9. The van der Waals surface area contributed by atoms with Crippen molar-refractivity contribution in [3.8, 4) is 5.75 Å². The molecule has 4 saturated heterocycles. The summed E-state index contributed by atoms with van der Waals surface area (Å²) in [5.74, 6) is -2.79. The number of fused-ring (bicyclic) bond motifs is 1. The molecule has 1 aromatic heterocycles. The number of ketones is 2. The van der Waals surface area contributed by atoms with Crippen molar-refractivity contribution in [1.29, 1.82) is 0 Å². The first-order valence-electron chi connectivity index (χ1n) is 24.5. The van der Waals surface area contributed by atoms with E-state index in [1.807, 2.05) is 60.8 Å². The van der Waals surface area contributed by atoms with Crippen molar-refractivity contribution in [2.75, 3.05) is 86.1 Å². The van der Waals surface area contributed by atoms with E-state index in [0.29, 0.717) is 79.4 Å². The topological polar surface area (TPSA) is 219 Å². The van der Waals surface area contributed by atoms with E-state index in [1.165, 1.54) is 18.2 Å². The number of nitrogens with zero attached hydrogens (tertiary/aromatic N) is 7. The molecule has 3 unspecified atom stereocenters. The number of carbonyl (C=O) groups excluding carboxylic acids is 4. The van der Waals surface area contributed by atoms with Gasteiger partial charge in [-0.15, -0.1) is 0 Å². The van der Waals surface area contributed by atoms with Crippen molar-refractivity contribution < 1.29 is 55.4 Å². The van der Waals surface area contributed by atoms with Gasteiger partial charge >= 0.3 is 12.1 Å². The Morgan fingerprint density at radius 1 is 0.919 bits per heavy atom. The number of nitrogens with one attached hydrogen (secondary N) is 1. The fourth-order valence-electron chi connectivity index (χ4n) is 9.21. The van der Waals surface area contributed by atoms with Gasteiger partial charge in [0.25, 0.3) is 0 Å². The number of benzene rings is 2. The summed E-state index contributed by atoms with van der Waals surface area (Å²) in [5, 5.41) is 8.31. The second-order valence-electron chi connectivity index (χ2n) is 19.4. The number of carboxylic acids is 1. The second kappa shape index (κ2) is 23.6. The molecule has 1 saturated carbocycles. The van der Waals surface area contributed by atoms with Crippen LogP contribution in [0.25, 0.3) is 10.9 Å². The first kappa shape index (κ1) is 56.2. The van der Waals surface area contributed by atoms with Crippen LogP contribution in [-0.4, -0.2) is 182 Å². The van der Waals surface area contributed by atoms with Crippen molar-refractivity contribution in [3.63, 3.8) is 0 Å². The van der Waals surface area contributed by atoms with E-state index in [4.69, 9.17) is 43.6 Å². The molecule has 24 heteroatoms. The highest BCUT2D eigenvalue weighted by atomic mass is 35.5. The van der Waals surface area contributed by atoms with Crippen molar-refractivity contribution in [3.05, 3.63) is 86.4 Å². The van der Waals surface area contributed by atoms with Gasteiger partial charge in [-0.25, -0.2) is 22.9 Å². The number of para-hydroxylation sites is 1. The largest absolute Gasteiger partial charge is 0.490 e. The molecule has 5 fully saturated rings. The number of alkyl halides is 3. The number of sulfonamides is 1. The van der Waals surface area contributed by atoms with Crippen molar-refractivity contribution >= 4 is 73.5 Å². The molecule has 5 heterocycles. The molecule has 0 bridgehead atoms. The fraction of sp³-hybridized carbons (Fsp3) is 0.520. The third kappa shape index (κ3) is 14.0. The minimum Gasteiger partial charge on any atom is -0.487 e. The predicted molar refractivity (Wildman–Crippen MR) is 271 cm³/mol. The van der Waals surface area contributed by atoms with Crippen LogP contribution in [-0.2, 0) is 40.6 Å². The Kier molecular flexibility index (Phi) is 17.9. The van der Waals surface area contributed by atoms with Gasteiger partial charge in [0.15, 0.2) is 0 Å². The number of hydrogen-bond donors (Lipinski definition) is 3. The summed E-state index contributed by atoms with van der Waals surface area (Å²) < 4.78 is 68.2. The van der Waals surface area contributed by atoms with E-state index in [0.717, 1.165) is 75.3 Å². The minimum absolute atomic E-state index is 0.00421. The number of aromatic nitrogens is 1. The maximum absolute atomic E-state index is 13.8. The van der Waals surface area contributed by atoms with E-state index < -0.39 is 34.1 Å². The SMILES string of the molecule is Cc1cc(C)c2cccc(OCc3c(Cl)ccc(S(=O)(=O)NC4CCCC4C(=O)N4CCN(C(=O)CC(N)CCCN(C)C)CC4)c3Cl)c2n1.O=C(O)C(F)(F)F.O=C1C=C(N2CC2)C(=O)C(N2CC2)=C1N1CC1. The van der Waals surface area contributed by atoms with Gasteiger partial charge in [-0.3, -0.25) is 19.2 Å². The molecule has 4 aliphatic heterocycles. The zero-order valence-corrected chi connectivity index (χ0v) is 44.0. The Bertz CT molecular complexity index is 2830. The number of nitrogens with two attached hydrogens (primary N) is 1. The standard InChI is InChI=1S/C36H48Cl2N6O5S.C12H13N3O2.C2HF3O2/c1-23-20-24(2)40-35-26(23)9-6-12-31(35)49-22-28-29(37)13-14-32(34(28)38)50(47,48)41-30-11-5-10-27(30)36(46)44-18-16-43(17-19-44)33(45)21-25(39)8-7-15-42(3)4;16-9-7-8(13-1-2-13)12(17)11(15-5-6-15)10(9)14-3-4-14;3-2(4,5)1(6)7/h6,9,12-14,20,25,27,30,41H,5,7-8,10-11,15-19,21-22,39H2,1-4H3;7H,1-6H2;(H,6,7). The molecule has 6 aliphatic rings. The Balaban J connectivity index is 0.000000269. The van der Waals surface area contributed by atoms with Crippen molar-refractivity contribution in [2.24, 2.45) is 11.7 Å². The summed E-state index contributed by atoms with van der Waals surface area (Å²) in [6.07, 6.45) is 0.232. The molecule has 0 spiro atoms. The predicted octanol–water partition coefficient (Wildman–Crippen LogP) is 4.73. The number of allylic oxidation sites excluding steroid dienone is 1. The van der Waals surface area contributed by atoms with Gasteiger partial charge in [0.05, 0.1) is 16.6 Å². The Morgan fingerprint density at radius 3 is 2.15 bits per heavy atom. The van der Waals surface area contributed by atoms with E-state index in [2.05, 4.69) is 14.6 Å². The van der Waals surface area contributed by atoms with Gasteiger partial charge < -0.3 is 45.0 Å². The average molecular weight is 1090 g/mol. The third-order valence-corrected chi connectivity index (χ3v) is 15.8. The lowest BCUT2D eigenvalue weighted by atomic mass is 10.0. The highest BCUT2D eigenvalue weighted by Gasteiger charge is 2.44. The van der Waals surface area contributed by atoms with Crippen LogP contribution in [0.3, 0.4) is 0 Å². The molecule has 2 aliphatic carbocycles. The number of aryl methyl sites for hydroxylation is 2. The number of carbonyl (C=O) groups is 5. The summed E-state index contributed by atoms with van der Waals surface area (Å²) in [5.41, 5.74) is 11.0. The molecular weight excluding hydrogens is 1030 g/mol. The molecule has 4 N–H and O–H groups in total. The smallest absolute Gasteiger partial charge is 0.487 e. The molecular formula is C50H62Cl2F3N9O9S. The Morgan fingerprint density at radius 2 is 1.54 bits per heavy atom. The lowest BCUT2D eigenvalue weighted by Crippen LogP contribution is -2.54. The molecule has 18 nitrogen and oxygen atoms in total. The number of hydrogen-bond acceptors (Lipinski definition) is 14. The van der Waals surface area contributed by atoms with Crippen LogP contribution in [0.2, 0.25) is 10.0 Å². The highest BCUT2D eigenvalue weighted by molar-refractivity contribution is 7.89. The lowest BCUT2D eigenvalue weighted by molar-refractivity contribution is -0.192. The van der Waals surface area contributed by atoms with Crippen molar-refractivity contribution in [2.45, 2.75) is 82.1 Å². The lowest BCUT2D eigenvalue weighted by Gasteiger charge is -2.37. The average Bonchev–Trinajstić information content (AvgIpc) is 4.20. The van der Waals surface area contributed by atoms with Gasteiger partial charge in [-0.2, -0.15) is 13.2 Å². The van der Waals surface area contributed by atoms with Crippen LogP contribution >= 0.6 is 23.2 Å². The van der Waals surface area contributed by atoms with E-state index in [-0.39, 0.29) is 57.4 Å². The molecule has 0 radical (unpaired) electrons.